The SMILES string of the molecule is CCCNCc1cc(C)nc(N(C)C(C)CCSC)c1. The van der Waals surface area contributed by atoms with Gasteiger partial charge in [0.05, 0.1) is 0 Å². The largest absolute Gasteiger partial charge is 0.357 e. The van der Waals surface area contributed by atoms with Crippen molar-refractivity contribution in [3.8, 4) is 0 Å². The second kappa shape index (κ2) is 9.24. The van der Waals surface area contributed by atoms with Crippen LogP contribution in [-0.2, 0) is 6.54 Å². The van der Waals surface area contributed by atoms with Crippen LogP contribution in [0, 0.1) is 6.92 Å². The molecule has 3 nitrogen and oxygen atoms in total. The molecule has 0 radical (unpaired) electrons. The summed E-state index contributed by atoms with van der Waals surface area (Å²) in [5, 5.41) is 3.46. The summed E-state index contributed by atoms with van der Waals surface area (Å²) in [6, 6.07) is 4.91. The lowest BCUT2D eigenvalue weighted by molar-refractivity contribution is 0.655. The molecule has 1 N–H and O–H groups in total. The molecule has 0 fully saturated rings. The van der Waals surface area contributed by atoms with Crippen LogP contribution in [0.15, 0.2) is 12.1 Å². The van der Waals surface area contributed by atoms with Gasteiger partial charge in [0, 0.05) is 25.3 Å². The van der Waals surface area contributed by atoms with E-state index in [0.717, 1.165) is 24.6 Å². The van der Waals surface area contributed by atoms with Crippen molar-refractivity contribution in [2.75, 3.05) is 30.5 Å². The Morgan fingerprint density at radius 1 is 1.40 bits per heavy atom. The van der Waals surface area contributed by atoms with Crippen molar-refractivity contribution in [2.45, 2.75) is 46.2 Å². The third-order valence-electron chi connectivity index (χ3n) is 3.52. The lowest BCUT2D eigenvalue weighted by Crippen LogP contribution is -2.30. The molecular weight excluding hydrogens is 266 g/mol. The van der Waals surface area contributed by atoms with Crippen molar-refractivity contribution in [1.82, 2.24) is 10.3 Å². The standard InChI is InChI=1S/C16H29N3S/c1-6-8-17-12-15-10-13(2)18-16(11-15)19(4)14(3)7-9-20-5/h10-11,14,17H,6-9,12H2,1-5H3. The number of hydrogen-bond acceptors (Lipinski definition) is 4. The Bertz CT molecular complexity index is 395. The van der Waals surface area contributed by atoms with Gasteiger partial charge in [-0.05, 0) is 62.9 Å². The van der Waals surface area contributed by atoms with E-state index in [9.17, 15) is 0 Å². The van der Waals surface area contributed by atoms with Crippen LogP contribution in [-0.4, -0.2) is 36.6 Å². The minimum absolute atomic E-state index is 0.521. The molecule has 0 amide bonds. The highest BCUT2D eigenvalue weighted by Gasteiger charge is 2.12. The molecule has 1 heterocycles. The van der Waals surface area contributed by atoms with Crippen LogP contribution < -0.4 is 10.2 Å². The van der Waals surface area contributed by atoms with E-state index in [1.807, 2.05) is 11.8 Å². The predicted molar refractivity (Wildman–Crippen MR) is 91.8 cm³/mol. The van der Waals surface area contributed by atoms with Gasteiger partial charge in [0.1, 0.15) is 5.82 Å². The molecule has 0 saturated heterocycles. The molecule has 1 aromatic rings. The number of rotatable bonds is 9. The summed E-state index contributed by atoms with van der Waals surface area (Å²) in [7, 11) is 2.15. The van der Waals surface area contributed by atoms with Gasteiger partial charge in [0.25, 0.3) is 0 Å². The van der Waals surface area contributed by atoms with Gasteiger partial charge in [-0.15, -0.1) is 0 Å². The molecule has 1 aromatic heterocycles. The van der Waals surface area contributed by atoms with Crippen LogP contribution in [0.4, 0.5) is 5.82 Å². The molecule has 1 rings (SSSR count). The molecule has 114 valence electrons. The van der Waals surface area contributed by atoms with E-state index in [1.54, 1.807) is 0 Å². The molecule has 0 saturated carbocycles. The van der Waals surface area contributed by atoms with Crippen molar-refractivity contribution >= 4 is 17.6 Å². The van der Waals surface area contributed by atoms with Crippen molar-refractivity contribution in [3.05, 3.63) is 23.4 Å². The highest BCUT2D eigenvalue weighted by Crippen LogP contribution is 2.18. The Morgan fingerprint density at radius 3 is 2.80 bits per heavy atom. The Morgan fingerprint density at radius 2 is 2.15 bits per heavy atom. The maximum Gasteiger partial charge on any atom is 0.129 e. The van der Waals surface area contributed by atoms with Gasteiger partial charge in [0.2, 0.25) is 0 Å². The topological polar surface area (TPSA) is 28.2 Å². The average molecular weight is 295 g/mol. The Hall–Kier alpha value is -0.740. The number of nitrogens with zero attached hydrogens (tertiary/aromatic N) is 2. The molecule has 20 heavy (non-hydrogen) atoms. The average Bonchev–Trinajstić information content (AvgIpc) is 2.43. The summed E-state index contributed by atoms with van der Waals surface area (Å²) in [6.45, 7) is 8.54. The molecule has 1 atom stereocenters. The van der Waals surface area contributed by atoms with Gasteiger partial charge in [-0.1, -0.05) is 6.92 Å². The smallest absolute Gasteiger partial charge is 0.129 e. The van der Waals surface area contributed by atoms with Gasteiger partial charge in [0.15, 0.2) is 0 Å². The van der Waals surface area contributed by atoms with E-state index in [1.165, 1.54) is 24.2 Å². The fourth-order valence-electron chi connectivity index (χ4n) is 2.12. The highest BCUT2D eigenvalue weighted by atomic mass is 32.2. The Kier molecular flexibility index (Phi) is 8.00. The number of thioether (sulfide) groups is 1. The monoisotopic (exact) mass is 295 g/mol. The number of nitrogens with one attached hydrogen (secondary N) is 1. The van der Waals surface area contributed by atoms with Crippen molar-refractivity contribution in [2.24, 2.45) is 0 Å². The molecular formula is C16H29N3S. The Labute approximate surface area is 128 Å². The zero-order chi connectivity index (χ0) is 15.0. The first kappa shape index (κ1) is 17.3. The summed E-state index contributed by atoms with van der Waals surface area (Å²) >= 11 is 1.91. The summed E-state index contributed by atoms with van der Waals surface area (Å²) in [4.78, 5) is 6.98. The first-order valence-corrected chi connectivity index (χ1v) is 8.88. The molecule has 4 heteroatoms. The lowest BCUT2D eigenvalue weighted by atomic mass is 10.2. The van der Waals surface area contributed by atoms with Gasteiger partial charge in [-0.25, -0.2) is 4.98 Å². The highest BCUT2D eigenvalue weighted by molar-refractivity contribution is 7.98. The van der Waals surface area contributed by atoms with Crippen molar-refractivity contribution in [3.63, 3.8) is 0 Å². The minimum atomic E-state index is 0.521. The number of aryl methyl sites for hydroxylation is 1. The normalized spacial score (nSPS) is 12.4. The van der Waals surface area contributed by atoms with Crippen LogP contribution >= 0.6 is 11.8 Å². The first-order chi connectivity index (χ1) is 9.58. The number of pyridine rings is 1. The second-order valence-corrected chi connectivity index (χ2v) is 6.38. The zero-order valence-electron chi connectivity index (χ0n) is 13.6. The van der Waals surface area contributed by atoms with Gasteiger partial charge in [-0.3, -0.25) is 0 Å². The molecule has 0 bridgehead atoms. The van der Waals surface area contributed by atoms with E-state index in [-0.39, 0.29) is 0 Å². The third kappa shape index (κ3) is 5.71. The molecule has 1 unspecified atom stereocenters. The summed E-state index contributed by atoms with van der Waals surface area (Å²) in [5.41, 5.74) is 2.42. The summed E-state index contributed by atoms with van der Waals surface area (Å²) < 4.78 is 0. The van der Waals surface area contributed by atoms with Crippen molar-refractivity contribution < 1.29 is 0 Å². The van der Waals surface area contributed by atoms with Crippen LogP contribution in [0.3, 0.4) is 0 Å². The maximum absolute atomic E-state index is 4.68. The summed E-state index contributed by atoms with van der Waals surface area (Å²) in [6.07, 6.45) is 4.52. The Balaban J connectivity index is 2.72. The summed E-state index contributed by atoms with van der Waals surface area (Å²) in [5.74, 6) is 2.29. The van der Waals surface area contributed by atoms with Crippen LogP contribution in [0.5, 0.6) is 0 Å². The van der Waals surface area contributed by atoms with Gasteiger partial charge in [-0.2, -0.15) is 11.8 Å². The fraction of sp³-hybridized carbons (Fsp3) is 0.688. The van der Waals surface area contributed by atoms with E-state index < -0.39 is 0 Å². The first-order valence-electron chi connectivity index (χ1n) is 7.48. The number of anilines is 1. The molecule has 0 spiro atoms. The van der Waals surface area contributed by atoms with Crippen LogP contribution in [0.1, 0.15) is 37.9 Å². The second-order valence-electron chi connectivity index (χ2n) is 5.39. The van der Waals surface area contributed by atoms with E-state index >= 15 is 0 Å². The number of aromatic nitrogens is 1. The van der Waals surface area contributed by atoms with Crippen LogP contribution in [0.25, 0.3) is 0 Å². The van der Waals surface area contributed by atoms with Gasteiger partial charge >= 0.3 is 0 Å². The zero-order valence-corrected chi connectivity index (χ0v) is 14.4. The minimum Gasteiger partial charge on any atom is -0.357 e. The molecule has 0 aromatic carbocycles. The van der Waals surface area contributed by atoms with Gasteiger partial charge < -0.3 is 10.2 Å². The molecule has 0 aliphatic rings. The maximum atomic E-state index is 4.68. The predicted octanol–water partition coefficient (Wildman–Crippen LogP) is 3.47. The van der Waals surface area contributed by atoms with E-state index in [2.05, 4.69) is 61.4 Å². The van der Waals surface area contributed by atoms with E-state index in [4.69, 9.17) is 0 Å². The van der Waals surface area contributed by atoms with Crippen molar-refractivity contribution in [1.29, 1.82) is 0 Å². The van der Waals surface area contributed by atoms with E-state index in [0.29, 0.717) is 6.04 Å². The fourth-order valence-corrected chi connectivity index (χ4v) is 2.70. The van der Waals surface area contributed by atoms with Crippen LogP contribution in [0.2, 0.25) is 0 Å². The lowest BCUT2D eigenvalue weighted by Gasteiger charge is -2.26. The third-order valence-corrected chi connectivity index (χ3v) is 4.16. The molecule has 0 aliphatic carbocycles. The number of hydrogen-bond donors (Lipinski definition) is 1. The molecule has 0 aliphatic heterocycles. The quantitative estimate of drug-likeness (QED) is 0.706.